The topological polar surface area (TPSA) is 0 Å². The summed E-state index contributed by atoms with van der Waals surface area (Å²) in [4.78, 5) is 0. The van der Waals surface area contributed by atoms with Gasteiger partial charge in [0.1, 0.15) is 0 Å². The Morgan fingerprint density at radius 3 is 2.55 bits per heavy atom. The number of hydrogen-bond donors (Lipinski definition) is 0. The van der Waals surface area contributed by atoms with Crippen LogP contribution < -0.4 is 24.8 Å². The molecule has 1 rings (SSSR count). The average Bonchev–Trinajstić information content (AvgIpc) is 1.62. The summed E-state index contributed by atoms with van der Waals surface area (Å²) in [5.41, 5.74) is 0. The summed E-state index contributed by atoms with van der Waals surface area (Å²) in [6.45, 7) is 0. The molecule has 65 valence electrons. The molecule has 11 heavy (non-hydrogen) atoms. The van der Waals surface area contributed by atoms with Crippen molar-refractivity contribution in [3.05, 3.63) is 24.3 Å². The quantitative estimate of drug-likeness (QED) is 0.319. The van der Waals surface area contributed by atoms with Gasteiger partial charge in [0.15, 0.2) is 0 Å². The van der Waals surface area contributed by atoms with Crippen molar-refractivity contribution in [2.45, 2.75) is 25.7 Å². The van der Waals surface area contributed by atoms with Gasteiger partial charge >= 0.3 is 19.5 Å². The van der Waals surface area contributed by atoms with Gasteiger partial charge in [-0.3, -0.25) is 6.08 Å². The second-order valence-electron chi connectivity index (χ2n) is 2.04. The number of rotatable bonds is 0. The van der Waals surface area contributed by atoms with Gasteiger partial charge in [-0.25, -0.2) is 12.2 Å². The Kier molecular flexibility index (Phi) is 21.4. The zero-order chi connectivity index (χ0) is 5.66. The number of allylic oxidation sites excluding steroid dienone is 4. The molecule has 3 heteroatoms. The third-order valence-electron chi connectivity index (χ3n) is 1.29. The van der Waals surface area contributed by atoms with Crippen LogP contribution in [0.5, 0.6) is 0 Å². The van der Waals surface area contributed by atoms with Crippen LogP contribution in [0.15, 0.2) is 18.2 Å². The van der Waals surface area contributed by atoms with E-state index in [4.69, 9.17) is 0 Å². The summed E-state index contributed by atoms with van der Waals surface area (Å²) in [5.74, 6) is 0. The molecule has 0 unspecified atom stereocenters. The Balaban J connectivity index is -0.000000213. The summed E-state index contributed by atoms with van der Waals surface area (Å²) < 4.78 is 0. The molecule has 0 nitrogen and oxygen atoms in total. The zero-order valence-corrected chi connectivity index (χ0v) is 9.42. The van der Waals surface area contributed by atoms with Crippen LogP contribution in [0.25, 0.3) is 0 Å². The smallest absolute Gasteiger partial charge is 1.00 e. The van der Waals surface area contributed by atoms with E-state index in [0.717, 1.165) is 6.42 Å². The monoisotopic (exact) mass is 279 g/mol. The molecule has 0 spiro atoms. The third-order valence-corrected chi connectivity index (χ3v) is 1.29. The molecule has 0 fully saturated rings. The van der Waals surface area contributed by atoms with Crippen molar-refractivity contribution in [1.29, 1.82) is 0 Å². The number of halogens is 2. The van der Waals surface area contributed by atoms with Crippen LogP contribution in [0.2, 0.25) is 0 Å². The summed E-state index contributed by atoms with van der Waals surface area (Å²) in [6, 6.07) is 0. The molecule has 0 N–H and O–H groups in total. The van der Waals surface area contributed by atoms with Crippen LogP contribution >= 0.6 is 0 Å². The number of hydrogen-bond acceptors (Lipinski definition) is 0. The first-order chi connectivity index (χ1) is 4.00. The molecular formula is C8H11Cl2Ru. The van der Waals surface area contributed by atoms with E-state index >= 15 is 0 Å². The van der Waals surface area contributed by atoms with E-state index in [-0.39, 0.29) is 44.3 Å². The maximum Gasteiger partial charge on any atom is 3.00 e. The van der Waals surface area contributed by atoms with Crippen molar-refractivity contribution in [3.63, 3.8) is 0 Å². The fraction of sp³-hybridized carbons (Fsp3) is 0.500. The molecule has 1 aliphatic rings. The van der Waals surface area contributed by atoms with E-state index in [1.165, 1.54) is 19.3 Å². The summed E-state index contributed by atoms with van der Waals surface area (Å²) in [5, 5.41) is 0. The molecule has 0 bridgehead atoms. The predicted octanol–water partition coefficient (Wildman–Crippen LogP) is -3.52. The molecule has 0 heterocycles. The second-order valence-corrected chi connectivity index (χ2v) is 2.04. The minimum atomic E-state index is 0. The van der Waals surface area contributed by atoms with Gasteiger partial charge in [0.25, 0.3) is 0 Å². The Labute approximate surface area is 94.1 Å². The fourth-order valence-corrected chi connectivity index (χ4v) is 0.805. The van der Waals surface area contributed by atoms with Crippen molar-refractivity contribution in [2.75, 3.05) is 0 Å². The molecule has 1 aliphatic carbocycles. The Hall–Kier alpha value is 0.683. The van der Waals surface area contributed by atoms with E-state index in [0.29, 0.717) is 0 Å². The minimum Gasteiger partial charge on any atom is -1.00 e. The van der Waals surface area contributed by atoms with Crippen molar-refractivity contribution >= 4 is 0 Å². The van der Waals surface area contributed by atoms with Gasteiger partial charge in [0, 0.05) is 0 Å². The van der Waals surface area contributed by atoms with Crippen LogP contribution in [0.1, 0.15) is 25.7 Å². The largest absolute Gasteiger partial charge is 3.00 e. The van der Waals surface area contributed by atoms with E-state index < -0.39 is 0 Å². The molecule has 0 aromatic carbocycles. The Bertz CT molecular complexity index is 96.7. The van der Waals surface area contributed by atoms with Crippen LogP contribution in [-0.4, -0.2) is 0 Å². The standard InChI is InChI=1S/C8H11.2ClH.Ru/c1-2-4-6-8-7-5-3-1;;;/h1-3H,4,6-8H2;2*1H;/q-1;;;+3/p-2/b2-1-;;;. The van der Waals surface area contributed by atoms with Gasteiger partial charge < -0.3 is 24.8 Å². The van der Waals surface area contributed by atoms with Crippen LogP contribution in [0.4, 0.5) is 0 Å². The van der Waals surface area contributed by atoms with Gasteiger partial charge in [-0.15, -0.1) is 6.42 Å². The normalized spacial score (nSPS) is 17.5. The Morgan fingerprint density at radius 1 is 1.09 bits per heavy atom. The maximum atomic E-state index is 3.18. The van der Waals surface area contributed by atoms with Gasteiger partial charge in [-0.2, -0.15) is 6.08 Å². The van der Waals surface area contributed by atoms with E-state index in [2.05, 4.69) is 18.2 Å². The molecule has 1 radical (unpaired) electrons. The van der Waals surface area contributed by atoms with Crippen LogP contribution in [-0.2, 0) is 19.5 Å². The van der Waals surface area contributed by atoms with Gasteiger partial charge in [0.05, 0.1) is 0 Å². The second kappa shape index (κ2) is 13.3. The summed E-state index contributed by atoms with van der Waals surface area (Å²) in [6.07, 6.45) is 14.5. The fourth-order valence-electron chi connectivity index (χ4n) is 0.805. The zero-order valence-electron chi connectivity index (χ0n) is 6.17. The van der Waals surface area contributed by atoms with Crippen molar-refractivity contribution in [2.24, 2.45) is 0 Å². The van der Waals surface area contributed by atoms with Crippen molar-refractivity contribution < 1.29 is 44.3 Å². The first kappa shape index (κ1) is 17.7. The van der Waals surface area contributed by atoms with Crippen molar-refractivity contribution in [3.8, 4) is 0 Å². The van der Waals surface area contributed by atoms with Crippen LogP contribution in [0.3, 0.4) is 0 Å². The minimum absolute atomic E-state index is 0. The van der Waals surface area contributed by atoms with E-state index in [1.54, 1.807) is 0 Å². The van der Waals surface area contributed by atoms with E-state index in [1.807, 2.05) is 6.08 Å². The van der Waals surface area contributed by atoms with Crippen molar-refractivity contribution in [1.82, 2.24) is 0 Å². The molecule has 0 atom stereocenters. The summed E-state index contributed by atoms with van der Waals surface area (Å²) >= 11 is 0. The molecular weight excluding hydrogens is 268 g/mol. The first-order valence-electron chi connectivity index (χ1n) is 3.22. The average molecular weight is 279 g/mol. The summed E-state index contributed by atoms with van der Waals surface area (Å²) in [7, 11) is 0. The molecule has 0 aromatic rings. The van der Waals surface area contributed by atoms with Gasteiger partial charge in [-0.05, 0) is 0 Å². The molecule has 0 aliphatic heterocycles. The molecule has 0 saturated heterocycles. The van der Waals surface area contributed by atoms with E-state index in [9.17, 15) is 0 Å². The first-order valence-corrected chi connectivity index (χ1v) is 3.22. The maximum absolute atomic E-state index is 3.18. The molecule has 0 aromatic heterocycles. The third kappa shape index (κ3) is 10.7. The van der Waals surface area contributed by atoms with Gasteiger partial charge in [-0.1, -0.05) is 19.3 Å². The SMILES string of the molecule is [C-]1=C/C=C\CCCC1.[Cl-].[Cl-].[Ru+3]. The Morgan fingerprint density at radius 2 is 1.82 bits per heavy atom. The van der Waals surface area contributed by atoms with Crippen LogP contribution in [0, 0.1) is 6.08 Å². The molecule has 0 amide bonds. The van der Waals surface area contributed by atoms with Gasteiger partial charge in [0.2, 0.25) is 0 Å². The predicted molar refractivity (Wildman–Crippen MR) is 35.4 cm³/mol. The molecule has 0 saturated carbocycles.